The number of aliphatic carboxylic acids is 2. The number of oxime groups is 1. The standard InChI is InChI=1S/C24H22N6O7S3/c1-24(2,22(35)36)37-28-15(13-10-40-23(25)26-13)18(31)27-16-19(32)30-17(21(33)34)12(9-39-20(16)30)8-29-5-3-14-11(7-29)4-6-38-14/h3-7,10,16,20H,8-9H2,1-2H3,(H4-,25,26,27,31,33,34,35,36)/p+1/t16?,20-/m1/s1. The molecular formula is C24H23N6O7S3+. The topological polar surface area (TPSA) is 188 Å². The minimum Gasteiger partial charge on any atom is -0.478 e. The molecule has 1 saturated heterocycles. The molecule has 3 aromatic rings. The van der Waals surface area contributed by atoms with Gasteiger partial charge in [0.25, 0.3) is 11.8 Å². The van der Waals surface area contributed by atoms with Crippen LogP contribution in [0.1, 0.15) is 19.5 Å². The van der Waals surface area contributed by atoms with Crippen molar-refractivity contribution in [1.82, 2.24) is 15.2 Å². The van der Waals surface area contributed by atoms with E-state index in [1.807, 2.05) is 34.5 Å². The molecule has 2 aliphatic heterocycles. The van der Waals surface area contributed by atoms with Crippen LogP contribution >= 0.6 is 34.4 Å². The number of thioether (sulfide) groups is 1. The zero-order valence-corrected chi connectivity index (χ0v) is 23.5. The summed E-state index contributed by atoms with van der Waals surface area (Å²) in [6.45, 7) is 2.79. The first-order valence-corrected chi connectivity index (χ1v) is 14.5. The fourth-order valence-corrected chi connectivity index (χ4v) is 6.73. The predicted molar refractivity (Wildman–Crippen MR) is 148 cm³/mol. The number of nitrogens with two attached hydrogens (primary N) is 1. The van der Waals surface area contributed by atoms with Crippen LogP contribution in [0.15, 0.2) is 51.7 Å². The summed E-state index contributed by atoms with van der Waals surface area (Å²) in [4.78, 5) is 60.4. The van der Waals surface area contributed by atoms with Crippen molar-refractivity contribution in [1.29, 1.82) is 0 Å². The van der Waals surface area contributed by atoms with Gasteiger partial charge in [-0.05, 0) is 25.3 Å². The Labute approximate surface area is 238 Å². The van der Waals surface area contributed by atoms with E-state index in [9.17, 15) is 29.4 Å². The van der Waals surface area contributed by atoms with Gasteiger partial charge < -0.3 is 26.1 Å². The van der Waals surface area contributed by atoms with Crippen LogP contribution in [0.5, 0.6) is 0 Å². The highest BCUT2D eigenvalue weighted by atomic mass is 32.2. The minimum atomic E-state index is -1.75. The van der Waals surface area contributed by atoms with E-state index in [1.165, 1.54) is 35.9 Å². The number of carbonyl (C=O) groups is 4. The highest BCUT2D eigenvalue weighted by Crippen LogP contribution is 2.40. The van der Waals surface area contributed by atoms with Crippen LogP contribution in [0.4, 0.5) is 5.13 Å². The third-order valence-corrected chi connectivity index (χ3v) is 9.13. The number of nitrogen functional groups attached to an aromatic ring is 1. The molecule has 3 aromatic heterocycles. The molecule has 0 spiro atoms. The number of thiophene rings is 1. The van der Waals surface area contributed by atoms with Gasteiger partial charge in [0.1, 0.15) is 22.8 Å². The van der Waals surface area contributed by atoms with Gasteiger partial charge in [-0.1, -0.05) is 5.16 Å². The van der Waals surface area contributed by atoms with Gasteiger partial charge in [0.2, 0.25) is 5.60 Å². The van der Waals surface area contributed by atoms with Gasteiger partial charge in [0, 0.05) is 27.5 Å². The Balaban J connectivity index is 1.36. The number of rotatable bonds is 9. The first-order valence-electron chi connectivity index (χ1n) is 11.7. The van der Waals surface area contributed by atoms with E-state index >= 15 is 0 Å². The Kier molecular flexibility index (Phi) is 7.24. The molecule has 1 unspecified atom stereocenters. The zero-order chi connectivity index (χ0) is 28.8. The Morgan fingerprint density at radius 1 is 1.30 bits per heavy atom. The number of hydrogen-bond acceptors (Lipinski definition) is 11. The summed E-state index contributed by atoms with van der Waals surface area (Å²) in [5, 5.41) is 29.6. The van der Waals surface area contributed by atoms with Gasteiger partial charge in [-0.2, -0.15) is 0 Å². The number of nitrogens with zero attached hydrogens (tertiary/aromatic N) is 4. The maximum absolute atomic E-state index is 13.2. The van der Waals surface area contributed by atoms with Crippen molar-refractivity contribution in [2.45, 2.75) is 37.4 Å². The van der Waals surface area contributed by atoms with Gasteiger partial charge in [0.15, 0.2) is 29.8 Å². The fourth-order valence-electron chi connectivity index (χ4n) is 4.09. The number of pyridine rings is 1. The van der Waals surface area contributed by atoms with Crippen molar-refractivity contribution in [3.05, 3.63) is 52.3 Å². The number of anilines is 1. The van der Waals surface area contributed by atoms with Crippen molar-refractivity contribution in [2.24, 2.45) is 5.16 Å². The second-order valence-corrected chi connectivity index (χ2v) is 12.3. The van der Waals surface area contributed by atoms with E-state index in [2.05, 4.69) is 15.5 Å². The number of nitrogens with one attached hydrogen (secondary N) is 1. The van der Waals surface area contributed by atoms with Crippen molar-refractivity contribution in [2.75, 3.05) is 11.5 Å². The summed E-state index contributed by atoms with van der Waals surface area (Å²) in [5.74, 6) is -3.66. The SMILES string of the molecule is CC(C)(ON=C(C(=O)NC1C(=O)N2C(C(=O)O)=C(C[n+]3ccc4sccc4c3)CS[C@H]12)c1csc(N)n1)C(=O)O. The molecule has 5 rings (SSSR count). The van der Waals surface area contributed by atoms with E-state index in [1.54, 1.807) is 11.3 Å². The first kappa shape index (κ1) is 27.5. The van der Waals surface area contributed by atoms with E-state index in [0.717, 1.165) is 21.4 Å². The number of hydrogen-bond donors (Lipinski definition) is 4. The lowest BCUT2D eigenvalue weighted by molar-refractivity contribution is -0.687. The maximum atomic E-state index is 13.2. The molecule has 0 bridgehead atoms. The molecule has 0 aliphatic carbocycles. The van der Waals surface area contributed by atoms with Gasteiger partial charge in [-0.15, -0.1) is 34.4 Å². The summed E-state index contributed by atoms with van der Waals surface area (Å²) in [6, 6.07) is 2.89. The summed E-state index contributed by atoms with van der Waals surface area (Å²) in [7, 11) is 0. The van der Waals surface area contributed by atoms with Crippen LogP contribution in [0.25, 0.3) is 10.1 Å². The first-order chi connectivity index (χ1) is 19.0. The second-order valence-electron chi connectivity index (χ2n) is 9.39. The quantitative estimate of drug-likeness (QED) is 0.120. The lowest BCUT2D eigenvalue weighted by Crippen LogP contribution is -2.71. The van der Waals surface area contributed by atoms with E-state index < -0.39 is 40.8 Å². The van der Waals surface area contributed by atoms with Crippen LogP contribution in [0.2, 0.25) is 0 Å². The lowest BCUT2D eigenvalue weighted by Gasteiger charge is -2.49. The van der Waals surface area contributed by atoms with Crippen LogP contribution in [-0.4, -0.2) is 72.3 Å². The molecule has 5 heterocycles. The number of thiazole rings is 1. The number of amides is 2. The normalized spacial score (nSPS) is 19.3. The van der Waals surface area contributed by atoms with Crippen molar-refractivity contribution < 1.29 is 38.8 Å². The summed E-state index contributed by atoms with van der Waals surface area (Å²) in [6.07, 6.45) is 3.79. The number of β-lactam (4-membered cyclic amide) rings is 1. The van der Waals surface area contributed by atoms with E-state index in [-0.39, 0.29) is 28.8 Å². The molecule has 40 heavy (non-hydrogen) atoms. The molecule has 5 N–H and O–H groups in total. The minimum absolute atomic E-state index is 0.0362. The molecule has 0 aromatic carbocycles. The Hall–Kier alpha value is -4.02. The van der Waals surface area contributed by atoms with Crippen LogP contribution in [-0.2, 0) is 30.6 Å². The largest absolute Gasteiger partial charge is 0.478 e. The summed E-state index contributed by atoms with van der Waals surface area (Å²) < 4.78 is 2.98. The molecule has 0 saturated carbocycles. The lowest BCUT2D eigenvalue weighted by atomic mass is 10.0. The van der Waals surface area contributed by atoms with Crippen molar-refractivity contribution in [3.8, 4) is 0 Å². The molecule has 0 radical (unpaired) electrons. The Morgan fingerprint density at radius 2 is 2.08 bits per heavy atom. The Bertz CT molecular complexity index is 1610. The number of carboxylic acids is 2. The number of carbonyl (C=O) groups excluding carboxylic acids is 2. The highest BCUT2D eigenvalue weighted by Gasteiger charge is 2.55. The third kappa shape index (κ3) is 5.12. The predicted octanol–water partition coefficient (Wildman–Crippen LogP) is 1.25. The average molecular weight is 604 g/mol. The molecule has 2 atom stereocenters. The molecule has 2 amide bonds. The van der Waals surface area contributed by atoms with Gasteiger partial charge in [0.05, 0.1) is 5.39 Å². The monoisotopic (exact) mass is 603 g/mol. The Morgan fingerprint density at radius 3 is 2.75 bits per heavy atom. The molecular weight excluding hydrogens is 581 g/mol. The fraction of sp³-hybridized carbons (Fsp3) is 0.292. The smallest absolute Gasteiger partial charge is 0.352 e. The number of aromatic nitrogens is 2. The van der Waals surface area contributed by atoms with Crippen LogP contribution in [0, 0.1) is 0 Å². The van der Waals surface area contributed by atoms with Crippen molar-refractivity contribution in [3.63, 3.8) is 0 Å². The maximum Gasteiger partial charge on any atom is 0.352 e. The van der Waals surface area contributed by atoms with Crippen molar-refractivity contribution >= 4 is 79.1 Å². The molecule has 13 nitrogen and oxygen atoms in total. The van der Waals surface area contributed by atoms with E-state index in [4.69, 9.17) is 10.6 Å². The zero-order valence-electron chi connectivity index (χ0n) is 21.1. The summed E-state index contributed by atoms with van der Waals surface area (Å²) in [5.41, 5.74) is 4.06. The third-order valence-electron chi connectivity index (χ3n) is 6.22. The van der Waals surface area contributed by atoms with Gasteiger partial charge >= 0.3 is 11.9 Å². The average Bonchev–Trinajstić information content (AvgIpc) is 3.55. The highest BCUT2D eigenvalue weighted by molar-refractivity contribution is 8.00. The van der Waals surface area contributed by atoms with Crippen LogP contribution in [0.3, 0.4) is 0 Å². The van der Waals surface area contributed by atoms with Crippen LogP contribution < -0.4 is 15.6 Å². The number of carboxylic acid groups (broad SMARTS) is 2. The molecule has 16 heteroatoms. The molecule has 208 valence electrons. The molecule has 2 aliphatic rings. The summed E-state index contributed by atoms with van der Waals surface area (Å²) >= 11 is 3.97. The van der Waals surface area contributed by atoms with Gasteiger partial charge in [-0.25, -0.2) is 19.1 Å². The second kappa shape index (κ2) is 10.5. The van der Waals surface area contributed by atoms with E-state index in [0.29, 0.717) is 11.3 Å². The molecule has 1 fully saturated rings. The number of fused-ring (bicyclic) bond motifs is 2. The van der Waals surface area contributed by atoms with Gasteiger partial charge in [-0.3, -0.25) is 14.5 Å².